The minimum absolute atomic E-state index is 0.102. The van der Waals surface area contributed by atoms with Gasteiger partial charge in [0.25, 0.3) is 0 Å². The number of nitrogens with zero attached hydrogens (tertiary/aromatic N) is 1. The Balaban J connectivity index is 2.09. The first-order valence-electron chi connectivity index (χ1n) is 7.12. The molecule has 0 aliphatic carbocycles. The zero-order chi connectivity index (χ0) is 18.1. The second-order valence-electron chi connectivity index (χ2n) is 5.45. The Morgan fingerprint density at radius 1 is 1.33 bits per heavy atom. The standard InChI is InChI=1S/C14H18N2O7S/c1-8(17)11-12(16(13(11)18)24(20,21)22)9(2)23-14(19)15-10-6-4-3-5-7-10/h3-9,11-12,17H,1-2H3,(H,15,19)(H,20,21,22)/p-1/t8-,9+,11-,12-/m1/s1. The van der Waals surface area contributed by atoms with Crippen LogP contribution < -0.4 is 5.32 Å². The Hall–Kier alpha value is -2.17. The van der Waals surface area contributed by atoms with Crippen molar-refractivity contribution >= 4 is 28.0 Å². The molecule has 10 heteroatoms. The molecule has 132 valence electrons. The van der Waals surface area contributed by atoms with Crippen molar-refractivity contribution < 1.29 is 32.4 Å². The van der Waals surface area contributed by atoms with Gasteiger partial charge in [0.15, 0.2) is 10.3 Å². The Bertz CT molecular complexity index is 720. The lowest BCUT2D eigenvalue weighted by atomic mass is 9.83. The largest absolute Gasteiger partial charge is 0.731 e. The lowest BCUT2D eigenvalue weighted by molar-refractivity contribution is -0.160. The van der Waals surface area contributed by atoms with Gasteiger partial charge in [0, 0.05) is 5.69 Å². The van der Waals surface area contributed by atoms with Crippen molar-refractivity contribution in [1.29, 1.82) is 0 Å². The van der Waals surface area contributed by atoms with Crippen LogP contribution in [-0.2, 0) is 19.8 Å². The lowest BCUT2D eigenvalue weighted by Gasteiger charge is -2.50. The summed E-state index contributed by atoms with van der Waals surface area (Å²) in [6, 6.07) is 7.13. The van der Waals surface area contributed by atoms with Gasteiger partial charge in [0.05, 0.1) is 18.1 Å². The van der Waals surface area contributed by atoms with Crippen LogP contribution in [0.25, 0.3) is 0 Å². The zero-order valence-corrected chi connectivity index (χ0v) is 13.8. The smallest absolute Gasteiger partial charge is 0.411 e. The molecule has 0 unspecified atom stereocenters. The number of β-lactam (4-membered cyclic amide) rings is 1. The molecule has 0 spiro atoms. The summed E-state index contributed by atoms with van der Waals surface area (Å²) in [6.07, 6.45) is -3.18. The monoisotopic (exact) mass is 357 g/mol. The van der Waals surface area contributed by atoms with Gasteiger partial charge in [-0.1, -0.05) is 18.2 Å². The van der Waals surface area contributed by atoms with Crippen LogP contribution in [0.3, 0.4) is 0 Å². The van der Waals surface area contributed by atoms with E-state index < -0.39 is 46.5 Å². The minimum Gasteiger partial charge on any atom is -0.731 e. The van der Waals surface area contributed by atoms with E-state index in [2.05, 4.69) is 5.32 Å². The Morgan fingerprint density at radius 3 is 2.42 bits per heavy atom. The number of nitrogens with one attached hydrogen (secondary N) is 1. The molecule has 1 fully saturated rings. The second-order valence-corrected chi connectivity index (χ2v) is 6.70. The number of carbonyl (C=O) groups excluding carboxylic acids is 2. The maximum Gasteiger partial charge on any atom is 0.411 e. The summed E-state index contributed by atoms with van der Waals surface area (Å²) in [6.45, 7) is 2.64. The Kier molecular flexibility index (Phi) is 5.11. The second kappa shape index (κ2) is 6.75. The zero-order valence-electron chi connectivity index (χ0n) is 12.9. The fraction of sp³-hybridized carbons (Fsp3) is 0.429. The number of aliphatic hydroxyl groups is 1. The molecular formula is C14H17N2O7S-. The summed E-state index contributed by atoms with van der Waals surface area (Å²) < 4.78 is 38.7. The van der Waals surface area contributed by atoms with Crippen LogP contribution in [0.5, 0.6) is 0 Å². The molecule has 0 aromatic heterocycles. The number of amides is 2. The van der Waals surface area contributed by atoms with Gasteiger partial charge in [-0.25, -0.2) is 17.5 Å². The van der Waals surface area contributed by atoms with E-state index in [1.165, 1.54) is 13.8 Å². The molecule has 0 bridgehead atoms. The third-order valence-corrected chi connectivity index (χ3v) is 4.60. The van der Waals surface area contributed by atoms with E-state index in [0.717, 1.165) is 0 Å². The highest BCUT2D eigenvalue weighted by atomic mass is 32.2. The third kappa shape index (κ3) is 3.66. The van der Waals surface area contributed by atoms with E-state index in [1.54, 1.807) is 30.3 Å². The average Bonchev–Trinajstić information content (AvgIpc) is 2.43. The molecule has 9 nitrogen and oxygen atoms in total. The van der Waals surface area contributed by atoms with Gasteiger partial charge in [-0.2, -0.15) is 0 Å². The predicted molar refractivity (Wildman–Crippen MR) is 81.5 cm³/mol. The van der Waals surface area contributed by atoms with E-state index in [-0.39, 0.29) is 4.31 Å². The predicted octanol–water partition coefficient (Wildman–Crippen LogP) is 0.292. The molecule has 1 aliphatic heterocycles. The van der Waals surface area contributed by atoms with Gasteiger partial charge in [0.1, 0.15) is 6.10 Å². The van der Waals surface area contributed by atoms with E-state index in [9.17, 15) is 27.7 Å². The van der Waals surface area contributed by atoms with Gasteiger partial charge < -0.3 is 14.4 Å². The molecule has 1 saturated heterocycles. The van der Waals surface area contributed by atoms with Crippen molar-refractivity contribution in [2.75, 3.05) is 5.32 Å². The van der Waals surface area contributed by atoms with Crippen LogP contribution >= 0.6 is 0 Å². The number of ether oxygens (including phenoxy) is 1. The normalized spacial score (nSPS) is 23.2. The Morgan fingerprint density at radius 2 is 1.92 bits per heavy atom. The average molecular weight is 357 g/mol. The summed E-state index contributed by atoms with van der Waals surface area (Å²) in [5.41, 5.74) is 0.458. The molecule has 1 heterocycles. The van der Waals surface area contributed by atoms with Crippen LogP contribution in [0.2, 0.25) is 0 Å². The van der Waals surface area contributed by atoms with Crippen molar-refractivity contribution in [2.24, 2.45) is 5.92 Å². The minimum atomic E-state index is -5.06. The molecule has 2 rings (SSSR count). The van der Waals surface area contributed by atoms with Crippen molar-refractivity contribution in [1.82, 2.24) is 4.31 Å². The molecule has 24 heavy (non-hydrogen) atoms. The first kappa shape index (κ1) is 18.2. The maximum atomic E-state index is 11.9. The molecule has 1 aromatic rings. The van der Waals surface area contributed by atoms with Gasteiger partial charge in [0.2, 0.25) is 5.91 Å². The molecule has 0 saturated carbocycles. The first-order valence-corrected chi connectivity index (χ1v) is 8.49. The molecule has 2 amide bonds. The molecule has 1 aromatic carbocycles. The van der Waals surface area contributed by atoms with E-state index >= 15 is 0 Å². The first-order chi connectivity index (χ1) is 11.1. The highest BCUT2D eigenvalue weighted by Crippen LogP contribution is 2.35. The number of benzene rings is 1. The van der Waals surface area contributed by atoms with Gasteiger partial charge >= 0.3 is 6.09 Å². The molecule has 0 radical (unpaired) electrons. The third-order valence-electron chi connectivity index (χ3n) is 3.70. The topological polar surface area (TPSA) is 136 Å². The van der Waals surface area contributed by atoms with Gasteiger partial charge in [-0.05, 0) is 26.0 Å². The van der Waals surface area contributed by atoms with Crippen molar-refractivity contribution in [3.63, 3.8) is 0 Å². The highest BCUT2D eigenvalue weighted by molar-refractivity contribution is 7.84. The number of aliphatic hydroxyl groups excluding tert-OH is 1. The quantitative estimate of drug-likeness (QED) is 0.571. The molecular weight excluding hydrogens is 340 g/mol. The van der Waals surface area contributed by atoms with Gasteiger partial charge in [-0.15, -0.1) is 0 Å². The molecule has 1 aliphatic rings. The number of anilines is 1. The van der Waals surface area contributed by atoms with E-state index in [4.69, 9.17) is 4.74 Å². The molecule has 2 N–H and O–H groups in total. The maximum absolute atomic E-state index is 11.9. The Labute approximate surface area is 139 Å². The van der Waals surface area contributed by atoms with Crippen LogP contribution in [0, 0.1) is 5.92 Å². The van der Waals surface area contributed by atoms with Crippen molar-refractivity contribution in [3.05, 3.63) is 30.3 Å². The van der Waals surface area contributed by atoms with Crippen LogP contribution in [0.15, 0.2) is 30.3 Å². The van der Waals surface area contributed by atoms with Crippen LogP contribution in [0.4, 0.5) is 10.5 Å². The SMILES string of the molecule is C[C@H](OC(=O)Nc1ccccc1)[C@@H]1[C@@H]([C@@H](C)O)C(=O)N1S(=O)(=O)[O-]. The summed E-state index contributed by atoms with van der Waals surface area (Å²) in [4.78, 5) is 23.6. The van der Waals surface area contributed by atoms with Crippen LogP contribution in [-0.4, -0.2) is 52.6 Å². The lowest BCUT2D eigenvalue weighted by Crippen LogP contribution is -2.69. The fourth-order valence-electron chi connectivity index (χ4n) is 2.64. The number of carbonyl (C=O) groups is 2. The number of rotatable bonds is 5. The molecule has 4 atom stereocenters. The fourth-order valence-corrected chi connectivity index (χ4v) is 3.59. The summed E-state index contributed by atoms with van der Waals surface area (Å²) in [5, 5.41) is 12.0. The van der Waals surface area contributed by atoms with Crippen molar-refractivity contribution in [2.45, 2.75) is 32.1 Å². The summed E-state index contributed by atoms with van der Waals surface area (Å²) in [5.74, 6) is -2.14. The number of hydrogen-bond acceptors (Lipinski definition) is 7. The van der Waals surface area contributed by atoms with E-state index in [0.29, 0.717) is 5.69 Å². The number of hydrogen-bond donors (Lipinski definition) is 2. The number of para-hydroxylation sites is 1. The van der Waals surface area contributed by atoms with Crippen LogP contribution in [0.1, 0.15) is 13.8 Å². The van der Waals surface area contributed by atoms with Crippen molar-refractivity contribution in [3.8, 4) is 0 Å². The summed E-state index contributed by atoms with van der Waals surface area (Å²) in [7, 11) is -5.06. The van der Waals surface area contributed by atoms with E-state index in [1.807, 2.05) is 0 Å². The highest BCUT2D eigenvalue weighted by Gasteiger charge is 2.56. The van der Waals surface area contributed by atoms with Gasteiger partial charge in [-0.3, -0.25) is 10.1 Å². The summed E-state index contributed by atoms with van der Waals surface area (Å²) >= 11 is 0.